The Morgan fingerprint density at radius 2 is 2.18 bits per heavy atom. The molecule has 2 aromatic rings. The van der Waals surface area contributed by atoms with E-state index in [1.807, 2.05) is 48.9 Å². The number of nitrogens with zero attached hydrogens (tertiary/aromatic N) is 2. The van der Waals surface area contributed by atoms with Gasteiger partial charge in [0.25, 0.3) is 5.91 Å². The minimum atomic E-state index is -0.194. The van der Waals surface area contributed by atoms with Gasteiger partial charge in [-0.1, -0.05) is 18.2 Å². The van der Waals surface area contributed by atoms with Crippen LogP contribution in [-0.2, 0) is 7.05 Å². The quantitative estimate of drug-likeness (QED) is 0.794. The summed E-state index contributed by atoms with van der Waals surface area (Å²) in [4.78, 5) is 12.0. The molecule has 1 aromatic heterocycles. The Balaban J connectivity index is 2.58. The molecule has 0 fully saturated rings. The number of amides is 1. The van der Waals surface area contributed by atoms with Crippen LogP contribution in [0.1, 0.15) is 16.1 Å². The monoisotopic (exact) mass is 227 g/mol. The summed E-state index contributed by atoms with van der Waals surface area (Å²) in [6.45, 7) is 1.93. The molecule has 1 aromatic carbocycles. The predicted octanol–water partition coefficient (Wildman–Crippen LogP) is 1.74. The molecule has 1 amide bonds. The van der Waals surface area contributed by atoms with Crippen molar-refractivity contribution in [3.63, 3.8) is 0 Å². The Kier molecular flexibility index (Phi) is 2.84. The van der Waals surface area contributed by atoms with Crippen molar-refractivity contribution in [2.75, 3.05) is 6.54 Å². The van der Waals surface area contributed by atoms with Crippen LogP contribution in [0, 0.1) is 18.3 Å². The van der Waals surface area contributed by atoms with Crippen LogP contribution >= 0.6 is 0 Å². The molecule has 2 rings (SSSR count). The van der Waals surface area contributed by atoms with Crippen molar-refractivity contribution < 1.29 is 4.79 Å². The zero-order valence-electron chi connectivity index (χ0n) is 9.82. The average molecular weight is 227 g/mol. The topological polar surface area (TPSA) is 57.8 Å². The van der Waals surface area contributed by atoms with Crippen molar-refractivity contribution in [1.82, 2.24) is 9.88 Å². The Hall–Kier alpha value is -2.28. The van der Waals surface area contributed by atoms with Gasteiger partial charge in [-0.25, -0.2) is 0 Å². The first-order valence-electron chi connectivity index (χ1n) is 5.36. The second kappa shape index (κ2) is 4.30. The molecule has 17 heavy (non-hydrogen) atoms. The molecule has 1 heterocycles. The molecule has 0 bridgehead atoms. The van der Waals surface area contributed by atoms with Gasteiger partial charge in [0.15, 0.2) is 0 Å². The lowest BCUT2D eigenvalue weighted by Crippen LogP contribution is -2.24. The van der Waals surface area contributed by atoms with Crippen LogP contribution in [-0.4, -0.2) is 17.0 Å². The fraction of sp³-hybridized carbons (Fsp3) is 0.231. The number of aromatic nitrogens is 1. The molecule has 86 valence electrons. The third-order valence-electron chi connectivity index (χ3n) is 2.95. The molecule has 0 saturated heterocycles. The summed E-state index contributed by atoms with van der Waals surface area (Å²) in [5, 5.41) is 12.0. The fourth-order valence-corrected chi connectivity index (χ4v) is 2.02. The van der Waals surface area contributed by atoms with E-state index < -0.39 is 0 Å². The smallest absolute Gasteiger partial charge is 0.254 e. The summed E-state index contributed by atoms with van der Waals surface area (Å²) in [5.74, 6) is -0.194. The summed E-state index contributed by atoms with van der Waals surface area (Å²) in [5.41, 5.74) is 2.58. The minimum Gasteiger partial charge on any atom is -0.347 e. The molecular formula is C13H13N3O. The average Bonchev–Trinajstić information content (AvgIpc) is 2.60. The van der Waals surface area contributed by atoms with E-state index in [1.165, 1.54) is 0 Å². The standard InChI is InChI=1S/C13H13N3O/c1-9-12(13(17)15-8-7-14)10-5-3-4-6-11(10)16(9)2/h3-6H,8H2,1-2H3,(H,15,17). The lowest BCUT2D eigenvalue weighted by molar-refractivity contribution is 0.0959. The van der Waals surface area contributed by atoms with Gasteiger partial charge in [-0.05, 0) is 13.0 Å². The SMILES string of the molecule is Cc1c(C(=O)NCC#N)c2ccccc2n1C. The largest absolute Gasteiger partial charge is 0.347 e. The van der Waals surface area contributed by atoms with E-state index in [0.717, 1.165) is 16.6 Å². The summed E-state index contributed by atoms with van der Waals surface area (Å²) >= 11 is 0. The van der Waals surface area contributed by atoms with Gasteiger partial charge in [0.2, 0.25) is 0 Å². The number of fused-ring (bicyclic) bond motifs is 1. The number of benzene rings is 1. The van der Waals surface area contributed by atoms with Crippen LogP contribution in [0.4, 0.5) is 0 Å². The summed E-state index contributed by atoms with van der Waals surface area (Å²) in [6, 6.07) is 9.65. The number of carbonyl (C=O) groups excluding carboxylic acids is 1. The van der Waals surface area contributed by atoms with Crippen molar-refractivity contribution in [2.24, 2.45) is 7.05 Å². The first-order chi connectivity index (χ1) is 8.16. The maximum Gasteiger partial charge on any atom is 0.254 e. The molecule has 0 spiro atoms. The Morgan fingerprint density at radius 1 is 1.47 bits per heavy atom. The third kappa shape index (κ3) is 1.76. The number of carbonyl (C=O) groups is 1. The number of rotatable bonds is 2. The normalized spacial score (nSPS) is 10.2. The van der Waals surface area contributed by atoms with Crippen molar-refractivity contribution in [2.45, 2.75) is 6.92 Å². The zero-order valence-corrected chi connectivity index (χ0v) is 9.82. The Morgan fingerprint density at radius 3 is 2.88 bits per heavy atom. The highest BCUT2D eigenvalue weighted by molar-refractivity contribution is 6.08. The number of hydrogen-bond acceptors (Lipinski definition) is 2. The third-order valence-corrected chi connectivity index (χ3v) is 2.95. The van der Waals surface area contributed by atoms with Gasteiger partial charge in [-0.15, -0.1) is 0 Å². The summed E-state index contributed by atoms with van der Waals surface area (Å²) < 4.78 is 1.98. The van der Waals surface area contributed by atoms with Crippen LogP contribution in [0.2, 0.25) is 0 Å². The van der Waals surface area contributed by atoms with Crippen molar-refractivity contribution in [3.05, 3.63) is 35.5 Å². The van der Waals surface area contributed by atoms with E-state index in [2.05, 4.69) is 5.32 Å². The molecule has 0 aliphatic rings. The van der Waals surface area contributed by atoms with Gasteiger partial charge in [0.1, 0.15) is 6.54 Å². The second-order valence-corrected chi connectivity index (χ2v) is 3.88. The second-order valence-electron chi connectivity index (χ2n) is 3.88. The van der Waals surface area contributed by atoms with E-state index in [4.69, 9.17) is 5.26 Å². The predicted molar refractivity (Wildman–Crippen MR) is 65.6 cm³/mol. The fourth-order valence-electron chi connectivity index (χ4n) is 2.02. The lowest BCUT2D eigenvalue weighted by Gasteiger charge is -2.01. The lowest BCUT2D eigenvalue weighted by atomic mass is 10.1. The Bertz CT molecular complexity index is 619. The number of aryl methyl sites for hydroxylation is 1. The first-order valence-corrected chi connectivity index (χ1v) is 5.36. The van der Waals surface area contributed by atoms with Gasteiger partial charge in [0.05, 0.1) is 11.6 Å². The highest BCUT2D eigenvalue weighted by Gasteiger charge is 2.17. The molecule has 4 nitrogen and oxygen atoms in total. The molecule has 0 atom stereocenters. The molecule has 0 aliphatic heterocycles. The van der Waals surface area contributed by atoms with E-state index in [-0.39, 0.29) is 12.5 Å². The number of para-hydroxylation sites is 1. The first kappa shape index (κ1) is 11.2. The van der Waals surface area contributed by atoms with Crippen LogP contribution in [0.25, 0.3) is 10.9 Å². The molecular weight excluding hydrogens is 214 g/mol. The molecule has 4 heteroatoms. The maximum absolute atomic E-state index is 12.0. The maximum atomic E-state index is 12.0. The van der Waals surface area contributed by atoms with Gasteiger partial charge in [-0.3, -0.25) is 4.79 Å². The number of nitrogens with one attached hydrogen (secondary N) is 1. The van der Waals surface area contributed by atoms with Gasteiger partial charge < -0.3 is 9.88 Å². The van der Waals surface area contributed by atoms with Crippen LogP contribution in [0.5, 0.6) is 0 Å². The van der Waals surface area contributed by atoms with E-state index in [1.54, 1.807) is 0 Å². The van der Waals surface area contributed by atoms with Gasteiger partial charge in [-0.2, -0.15) is 5.26 Å². The van der Waals surface area contributed by atoms with Gasteiger partial charge >= 0.3 is 0 Å². The van der Waals surface area contributed by atoms with E-state index in [9.17, 15) is 4.79 Å². The summed E-state index contributed by atoms with van der Waals surface area (Å²) in [6.07, 6.45) is 0. The highest BCUT2D eigenvalue weighted by atomic mass is 16.1. The van der Waals surface area contributed by atoms with Crippen LogP contribution in [0.15, 0.2) is 24.3 Å². The number of hydrogen-bond donors (Lipinski definition) is 1. The molecule has 0 saturated carbocycles. The van der Waals surface area contributed by atoms with Crippen LogP contribution < -0.4 is 5.32 Å². The van der Waals surface area contributed by atoms with Crippen LogP contribution in [0.3, 0.4) is 0 Å². The molecule has 0 radical (unpaired) electrons. The van der Waals surface area contributed by atoms with E-state index in [0.29, 0.717) is 5.56 Å². The van der Waals surface area contributed by atoms with E-state index >= 15 is 0 Å². The van der Waals surface area contributed by atoms with Crippen molar-refractivity contribution in [1.29, 1.82) is 5.26 Å². The Labute approximate surface area is 99.5 Å². The van der Waals surface area contributed by atoms with Crippen molar-refractivity contribution in [3.8, 4) is 6.07 Å². The number of nitriles is 1. The molecule has 0 unspecified atom stereocenters. The van der Waals surface area contributed by atoms with Gasteiger partial charge in [0, 0.05) is 23.6 Å². The zero-order chi connectivity index (χ0) is 12.4. The summed E-state index contributed by atoms with van der Waals surface area (Å²) in [7, 11) is 1.93. The minimum absolute atomic E-state index is 0.0293. The molecule has 0 aliphatic carbocycles. The highest BCUT2D eigenvalue weighted by Crippen LogP contribution is 2.24. The molecule has 1 N–H and O–H groups in total. The van der Waals surface area contributed by atoms with Crippen molar-refractivity contribution >= 4 is 16.8 Å².